The first-order chi connectivity index (χ1) is 11.6. The summed E-state index contributed by atoms with van der Waals surface area (Å²) >= 11 is 0. The fourth-order valence-corrected chi connectivity index (χ4v) is 3.18. The molecule has 3 aromatic rings. The Morgan fingerprint density at radius 1 is 1.17 bits per heavy atom. The summed E-state index contributed by atoms with van der Waals surface area (Å²) in [5, 5.41) is 7.83. The molecule has 0 aliphatic carbocycles. The Kier molecular flexibility index (Phi) is 3.46. The van der Waals surface area contributed by atoms with Crippen molar-refractivity contribution in [3.8, 4) is 11.3 Å². The molecule has 0 radical (unpaired) electrons. The predicted molar refractivity (Wildman–Crippen MR) is 95.4 cm³/mol. The number of nitrogens with two attached hydrogens (primary N) is 3. The summed E-state index contributed by atoms with van der Waals surface area (Å²) in [7, 11) is 0. The summed E-state index contributed by atoms with van der Waals surface area (Å²) in [6.45, 7) is 1.71. The fourth-order valence-electron chi connectivity index (χ4n) is 3.18. The number of nitrogens with one attached hydrogen (secondary N) is 1. The molecule has 7 N–H and O–H groups in total. The second-order valence-electron chi connectivity index (χ2n) is 6.19. The van der Waals surface area contributed by atoms with Gasteiger partial charge in [0.1, 0.15) is 5.82 Å². The Labute approximate surface area is 139 Å². The van der Waals surface area contributed by atoms with E-state index in [-0.39, 0.29) is 12.0 Å². The molecule has 1 atom stereocenters. The van der Waals surface area contributed by atoms with Crippen molar-refractivity contribution in [1.29, 1.82) is 0 Å². The number of anilines is 3. The van der Waals surface area contributed by atoms with Crippen LogP contribution in [0.1, 0.15) is 12.8 Å². The van der Waals surface area contributed by atoms with E-state index < -0.39 is 0 Å². The summed E-state index contributed by atoms with van der Waals surface area (Å²) in [5.41, 5.74) is 20.4. The number of benzene rings is 1. The van der Waals surface area contributed by atoms with Gasteiger partial charge in [-0.2, -0.15) is 10.1 Å². The van der Waals surface area contributed by atoms with Gasteiger partial charge in [0.25, 0.3) is 0 Å². The van der Waals surface area contributed by atoms with Gasteiger partial charge in [0.2, 0.25) is 5.95 Å². The molecule has 0 amide bonds. The number of H-pyrrole nitrogens is 1. The quantitative estimate of drug-likeness (QED) is 0.554. The molecule has 4 rings (SSSR count). The number of fused-ring (bicyclic) bond motifs is 1. The summed E-state index contributed by atoms with van der Waals surface area (Å²) in [6.07, 6.45) is 2.10. The lowest BCUT2D eigenvalue weighted by Gasteiger charge is -2.31. The molecule has 1 aromatic carbocycles. The van der Waals surface area contributed by atoms with Crippen LogP contribution in [0.4, 0.5) is 17.6 Å². The van der Waals surface area contributed by atoms with Crippen LogP contribution in [0.15, 0.2) is 24.3 Å². The van der Waals surface area contributed by atoms with E-state index in [4.69, 9.17) is 17.2 Å². The zero-order valence-electron chi connectivity index (χ0n) is 13.2. The maximum Gasteiger partial charge on any atom is 0.222 e. The smallest absolute Gasteiger partial charge is 0.222 e. The number of aromatic amines is 1. The maximum absolute atomic E-state index is 6.08. The molecule has 1 unspecified atom stereocenters. The normalized spacial score (nSPS) is 18.2. The first-order valence-electron chi connectivity index (χ1n) is 7.99. The van der Waals surface area contributed by atoms with E-state index in [1.165, 1.54) is 0 Å². The Bertz CT molecular complexity index is 887. The SMILES string of the molecule is Nc1nc(-c2ccc3c(N)n[nH]c3c2)cc(N2CCCC(N)C2)n1. The van der Waals surface area contributed by atoms with Gasteiger partial charge in [-0.05, 0) is 25.0 Å². The predicted octanol–water partition coefficient (Wildman–Crippen LogP) is 1.11. The second-order valence-corrected chi connectivity index (χ2v) is 6.19. The molecule has 24 heavy (non-hydrogen) atoms. The monoisotopic (exact) mass is 324 g/mol. The average Bonchev–Trinajstić information content (AvgIpc) is 2.95. The van der Waals surface area contributed by atoms with E-state index in [1.807, 2.05) is 24.3 Å². The van der Waals surface area contributed by atoms with E-state index in [2.05, 4.69) is 25.1 Å². The van der Waals surface area contributed by atoms with Crippen LogP contribution in [-0.2, 0) is 0 Å². The highest BCUT2D eigenvalue weighted by molar-refractivity contribution is 5.91. The van der Waals surface area contributed by atoms with Crippen molar-refractivity contribution in [2.24, 2.45) is 5.73 Å². The van der Waals surface area contributed by atoms with Crippen LogP contribution in [0.25, 0.3) is 22.2 Å². The lowest BCUT2D eigenvalue weighted by atomic mass is 10.1. The van der Waals surface area contributed by atoms with Crippen LogP contribution in [-0.4, -0.2) is 39.3 Å². The summed E-state index contributed by atoms with van der Waals surface area (Å²) in [4.78, 5) is 10.9. The molecule has 0 spiro atoms. The van der Waals surface area contributed by atoms with Crippen LogP contribution in [0, 0.1) is 0 Å². The first kappa shape index (κ1) is 14.7. The third-order valence-corrected chi connectivity index (χ3v) is 4.40. The largest absolute Gasteiger partial charge is 0.382 e. The van der Waals surface area contributed by atoms with Crippen molar-refractivity contribution in [2.45, 2.75) is 18.9 Å². The van der Waals surface area contributed by atoms with E-state index in [0.717, 1.165) is 53.9 Å². The van der Waals surface area contributed by atoms with Crippen LogP contribution >= 0.6 is 0 Å². The fraction of sp³-hybridized carbons (Fsp3) is 0.312. The molecule has 0 saturated carbocycles. The van der Waals surface area contributed by atoms with Gasteiger partial charge in [0.05, 0.1) is 11.2 Å². The summed E-state index contributed by atoms with van der Waals surface area (Å²) < 4.78 is 0. The van der Waals surface area contributed by atoms with Gasteiger partial charge < -0.3 is 22.1 Å². The van der Waals surface area contributed by atoms with E-state index in [1.54, 1.807) is 0 Å². The second kappa shape index (κ2) is 5.64. The lowest BCUT2D eigenvalue weighted by molar-refractivity contribution is 0.503. The van der Waals surface area contributed by atoms with Gasteiger partial charge >= 0.3 is 0 Å². The van der Waals surface area contributed by atoms with Crippen LogP contribution < -0.4 is 22.1 Å². The Hall–Kier alpha value is -2.87. The molecule has 3 heterocycles. The van der Waals surface area contributed by atoms with E-state index >= 15 is 0 Å². The van der Waals surface area contributed by atoms with Crippen molar-refractivity contribution in [2.75, 3.05) is 29.5 Å². The highest BCUT2D eigenvalue weighted by Crippen LogP contribution is 2.28. The molecule has 8 nitrogen and oxygen atoms in total. The van der Waals surface area contributed by atoms with Crippen molar-refractivity contribution >= 4 is 28.5 Å². The van der Waals surface area contributed by atoms with E-state index in [9.17, 15) is 0 Å². The van der Waals surface area contributed by atoms with Crippen molar-refractivity contribution in [3.63, 3.8) is 0 Å². The highest BCUT2D eigenvalue weighted by Gasteiger charge is 2.19. The molecule has 8 heteroatoms. The Morgan fingerprint density at radius 3 is 2.88 bits per heavy atom. The van der Waals surface area contributed by atoms with Gasteiger partial charge in [-0.3, -0.25) is 5.10 Å². The molecule has 1 aliphatic heterocycles. The molecule has 0 bridgehead atoms. The molecule has 124 valence electrons. The molecular formula is C16H20N8. The van der Waals surface area contributed by atoms with Crippen LogP contribution in [0.2, 0.25) is 0 Å². The minimum Gasteiger partial charge on any atom is -0.382 e. The number of piperidine rings is 1. The number of nitrogen functional groups attached to an aromatic ring is 2. The number of hydrogen-bond acceptors (Lipinski definition) is 7. The topological polar surface area (TPSA) is 136 Å². The van der Waals surface area contributed by atoms with Crippen LogP contribution in [0.5, 0.6) is 0 Å². The Balaban J connectivity index is 1.74. The standard InChI is InChI=1S/C16H20N8/c17-10-2-1-5-24(8-10)14-7-12(20-16(19)21-14)9-3-4-11-13(6-9)22-23-15(11)18/h3-4,6-7,10H,1-2,5,8,17H2,(H3,18,22,23)(H2,19,20,21). The van der Waals surface area contributed by atoms with Gasteiger partial charge in [-0.1, -0.05) is 6.07 Å². The zero-order chi connectivity index (χ0) is 16.7. The number of rotatable bonds is 2. The summed E-state index contributed by atoms with van der Waals surface area (Å²) in [6, 6.07) is 7.98. The highest BCUT2D eigenvalue weighted by atomic mass is 15.2. The minimum absolute atomic E-state index is 0.169. The van der Waals surface area contributed by atoms with Crippen LogP contribution in [0.3, 0.4) is 0 Å². The Morgan fingerprint density at radius 2 is 2.04 bits per heavy atom. The van der Waals surface area contributed by atoms with E-state index in [0.29, 0.717) is 5.82 Å². The minimum atomic E-state index is 0.169. The summed E-state index contributed by atoms with van der Waals surface area (Å²) in [5.74, 6) is 1.56. The zero-order valence-corrected chi connectivity index (χ0v) is 13.2. The molecule has 1 aliphatic rings. The van der Waals surface area contributed by atoms with Crippen molar-refractivity contribution < 1.29 is 0 Å². The number of nitrogens with zero attached hydrogens (tertiary/aromatic N) is 4. The van der Waals surface area contributed by atoms with Gasteiger partial charge in [-0.25, -0.2) is 4.98 Å². The third kappa shape index (κ3) is 2.61. The van der Waals surface area contributed by atoms with Gasteiger partial charge in [-0.15, -0.1) is 0 Å². The number of hydrogen-bond donors (Lipinski definition) is 4. The van der Waals surface area contributed by atoms with Crippen molar-refractivity contribution in [1.82, 2.24) is 20.2 Å². The van der Waals surface area contributed by atoms with Crippen molar-refractivity contribution in [3.05, 3.63) is 24.3 Å². The first-order valence-corrected chi connectivity index (χ1v) is 7.99. The number of aromatic nitrogens is 4. The van der Waals surface area contributed by atoms with Gasteiger partial charge in [0.15, 0.2) is 5.82 Å². The lowest BCUT2D eigenvalue weighted by Crippen LogP contribution is -2.43. The molecular weight excluding hydrogens is 304 g/mol. The van der Waals surface area contributed by atoms with Gasteiger partial charge in [0, 0.05) is 36.1 Å². The average molecular weight is 324 g/mol. The molecule has 1 fully saturated rings. The third-order valence-electron chi connectivity index (χ3n) is 4.40. The molecule has 1 saturated heterocycles. The maximum atomic E-state index is 6.08. The molecule has 2 aromatic heterocycles.